The Morgan fingerprint density at radius 3 is 2.43 bits per heavy atom. The molecule has 246 valence electrons. The quantitative estimate of drug-likeness (QED) is 0.210. The van der Waals surface area contributed by atoms with Crippen LogP contribution < -0.4 is 5.32 Å². The average molecular weight is 631 g/mol. The molecular weight excluding hydrogens is 584 g/mol. The molecule has 0 radical (unpaired) electrons. The molecule has 9 nitrogen and oxygen atoms in total. The highest BCUT2D eigenvalue weighted by molar-refractivity contribution is 5.77. The highest BCUT2D eigenvalue weighted by Crippen LogP contribution is 2.42. The molecule has 3 N–H and O–H groups in total. The van der Waals surface area contributed by atoms with Crippen molar-refractivity contribution < 1.29 is 34.0 Å². The largest absolute Gasteiger partial charge is 0.481 e. The van der Waals surface area contributed by atoms with Gasteiger partial charge in [0.25, 0.3) is 0 Å². The van der Waals surface area contributed by atoms with Gasteiger partial charge >= 0.3 is 5.97 Å². The van der Waals surface area contributed by atoms with E-state index in [1.54, 1.807) is 7.11 Å². The smallest absolute Gasteiger partial charge is 0.303 e. The molecule has 9 heteroatoms. The standard InChI is InChI=1S/C37H46N2O7/c1-25-33(22-39-20-6-8-31(39)24-44-2)45-37(46-36(25)28-14-12-26(23-40)13-15-28)29-18-16-27(17-19-29)32-9-4-3-7-30(32)21-38-34(41)10-5-11-35(42)43/h3-4,7,9,12-19,25,31,33,36-37,40H,5-6,8,10-11,20-24H2,1-2H3,(H,38,41)(H,42,43)/t25-,31+,33+,36+,37+/m1/s1. The summed E-state index contributed by atoms with van der Waals surface area (Å²) in [4.78, 5) is 25.5. The van der Waals surface area contributed by atoms with Crippen LogP contribution in [0, 0.1) is 5.92 Å². The Kier molecular flexibility index (Phi) is 12.0. The van der Waals surface area contributed by atoms with Crippen LogP contribution in [-0.4, -0.2) is 65.9 Å². The van der Waals surface area contributed by atoms with Gasteiger partial charge in [0.05, 0.1) is 25.4 Å². The Balaban J connectivity index is 1.33. The van der Waals surface area contributed by atoms with Crippen molar-refractivity contribution in [3.8, 4) is 11.1 Å². The number of aliphatic hydroxyl groups excluding tert-OH is 1. The predicted molar refractivity (Wildman–Crippen MR) is 175 cm³/mol. The maximum absolute atomic E-state index is 12.3. The molecule has 2 aliphatic heterocycles. The number of hydrogen-bond donors (Lipinski definition) is 3. The lowest BCUT2D eigenvalue weighted by Crippen LogP contribution is -2.46. The van der Waals surface area contributed by atoms with E-state index in [9.17, 15) is 14.7 Å². The van der Waals surface area contributed by atoms with Crippen LogP contribution in [0.4, 0.5) is 0 Å². The van der Waals surface area contributed by atoms with Gasteiger partial charge in [0.2, 0.25) is 5.91 Å². The fourth-order valence-corrected chi connectivity index (χ4v) is 6.53. The molecular formula is C37H46N2O7. The fraction of sp³-hybridized carbons (Fsp3) is 0.459. The lowest BCUT2D eigenvalue weighted by molar-refractivity contribution is -0.276. The van der Waals surface area contributed by atoms with Crippen LogP contribution in [0.3, 0.4) is 0 Å². The number of nitrogens with one attached hydrogen (secondary N) is 1. The Morgan fingerprint density at radius 2 is 1.72 bits per heavy atom. The number of carboxylic acids is 1. The Hall–Kier alpha value is -3.60. The summed E-state index contributed by atoms with van der Waals surface area (Å²) < 4.78 is 18.9. The van der Waals surface area contributed by atoms with E-state index < -0.39 is 12.3 Å². The molecule has 0 bridgehead atoms. The maximum Gasteiger partial charge on any atom is 0.303 e. The Morgan fingerprint density at radius 1 is 0.978 bits per heavy atom. The van der Waals surface area contributed by atoms with Crippen LogP contribution in [0.1, 0.15) is 73.7 Å². The van der Waals surface area contributed by atoms with Crippen molar-refractivity contribution in [1.82, 2.24) is 10.2 Å². The minimum absolute atomic E-state index is 0.000205. The summed E-state index contributed by atoms with van der Waals surface area (Å²) in [5, 5.41) is 21.3. The van der Waals surface area contributed by atoms with Crippen molar-refractivity contribution in [3.63, 3.8) is 0 Å². The molecule has 0 aromatic heterocycles. The number of rotatable bonds is 14. The zero-order chi connectivity index (χ0) is 32.5. The number of hydrogen-bond acceptors (Lipinski definition) is 7. The number of ether oxygens (including phenoxy) is 3. The summed E-state index contributed by atoms with van der Waals surface area (Å²) in [5.74, 6) is -0.958. The van der Waals surface area contributed by atoms with Crippen LogP contribution in [0.15, 0.2) is 72.8 Å². The van der Waals surface area contributed by atoms with Gasteiger partial charge in [-0.05, 0) is 53.6 Å². The van der Waals surface area contributed by atoms with E-state index in [1.807, 2.05) is 60.7 Å². The van der Waals surface area contributed by atoms with Gasteiger partial charge in [-0.15, -0.1) is 0 Å². The minimum Gasteiger partial charge on any atom is -0.481 e. The van der Waals surface area contributed by atoms with Crippen molar-refractivity contribution in [3.05, 3.63) is 95.1 Å². The lowest BCUT2D eigenvalue weighted by atomic mass is 9.89. The minimum atomic E-state index is -0.898. The second kappa shape index (κ2) is 16.3. The van der Waals surface area contributed by atoms with Gasteiger partial charge in [-0.1, -0.05) is 79.7 Å². The first-order chi connectivity index (χ1) is 22.4. The first kappa shape index (κ1) is 33.8. The van der Waals surface area contributed by atoms with Gasteiger partial charge in [-0.2, -0.15) is 0 Å². The lowest BCUT2D eigenvalue weighted by Gasteiger charge is -2.43. The molecule has 2 fully saturated rings. The first-order valence-corrected chi connectivity index (χ1v) is 16.3. The van der Waals surface area contributed by atoms with Gasteiger partial charge in [-0.25, -0.2) is 0 Å². The number of aliphatic carboxylic acids is 1. The molecule has 0 aliphatic carbocycles. The molecule has 2 heterocycles. The fourth-order valence-electron chi connectivity index (χ4n) is 6.53. The summed E-state index contributed by atoms with van der Waals surface area (Å²) in [6.07, 6.45) is 1.96. The van der Waals surface area contributed by atoms with E-state index in [1.165, 1.54) is 0 Å². The molecule has 0 unspecified atom stereocenters. The third-order valence-electron chi connectivity index (χ3n) is 9.18. The molecule has 5 atom stereocenters. The number of amides is 1. The highest BCUT2D eigenvalue weighted by atomic mass is 16.7. The van der Waals surface area contributed by atoms with E-state index in [0.29, 0.717) is 25.6 Å². The zero-order valence-electron chi connectivity index (χ0n) is 26.8. The molecule has 2 aliphatic rings. The third-order valence-corrected chi connectivity index (χ3v) is 9.18. The van der Waals surface area contributed by atoms with Crippen molar-refractivity contribution in [1.29, 1.82) is 0 Å². The first-order valence-electron chi connectivity index (χ1n) is 16.3. The zero-order valence-corrected chi connectivity index (χ0v) is 26.8. The number of methoxy groups -OCH3 is 1. The normalized spacial score (nSPS) is 23.3. The Labute approximate surface area is 271 Å². The number of carbonyl (C=O) groups is 2. The molecule has 5 rings (SSSR count). The van der Waals surface area contributed by atoms with Crippen LogP contribution >= 0.6 is 0 Å². The van der Waals surface area contributed by atoms with Crippen LogP contribution in [-0.2, 0) is 37.0 Å². The summed E-state index contributed by atoms with van der Waals surface area (Å²) in [6, 6.07) is 24.5. The summed E-state index contributed by atoms with van der Waals surface area (Å²) in [7, 11) is 1.76. The highest BCUT2D eigenvalue weighted by Gasteiger charge is 2.40. The van der Waals surface area contributed by atoms with Crippen molar-refractivity contribution in [2.24, 2.45) is 5.92 Å². The number of benzene rings is 3. The molecule has 1 amide bonds. The summed E-state index contributed by atoms with van der Waals surface area (Å²) in [5.41, 5.74) is 5.85. The van der Waals surface area contributed by atoms with E-state index in [0.717, 1.165) is 59.3 Å². The number of aliphatic hydroxyl groups is 1. The number of nitrogens with zero attached hydrogens (tertiary/aromatic N) is 1. The van der Waals surface area contributed by atoms with E-state index in [-0.39, 0.29) is 43.5 Å². The van der Waals surface area contributed by atoms with E-state index in [4.69, 9.17) is 19.3 Å². The van der Waals surface area contributed by atoms with Crippen LogP contribution in [0.2, 0.25) is 0 Å². The van der Waals surface area contributed by atoms with Gasteiger partial charge in [0, 0.05) is 50.6 Å². The molecule has 0 spiro atoms. The molecule has 3 aromatic carbocycles. The topological polar surface area (TPSA) is 118 Å². The number of likely N-dealkylation sites (tertiary alicyclic amines) is 1. The second-order valence-electron chi connectivity index (χ2n) is 12.4. The van der Waals surface area contributed by atoms with Crippen molar-refractivity contribution in [2.75, 3.05) is 26.8 Å². The van der Waals surface area contributed by atoms with E-state index >= 15 is 0 Å². The number of carbonyl (C=O) groups excluding carboxylic acids is 1. The van der Waals surface area contributed by atoms with Crippen LogP contribution in [0.5, 0.6) is 0 Å². The molecule has 0 saturated carbocycles. The van der Waals surface area contributed by atoms with Gasteiger partial charge in [0.15, 0.2) is 6.29 Å². The Bertz CT molecular complexity index is 1430. The van der Waals surface area contributed by atoms with Crippen LogP contribution in [0.25, 0.3) is 11.1 Å². The molecule has 46 heavy (non-hydrogen) atoms. The molecule has 3 aromatic rings. The monoisotopic (exact) mass is 630 g/mol. The van der Waals surface area contributed by atoms with Crippen molar-refractivity contribution in [2.45, 2.75) is 76.7 Å². The predicted octanol–water partition coefficient (Wildman–Crippen LogP) is 5.62. The third kappa shape index (κ3) is 8.60. The van der Waals surface area contributed by atoms with Gasteiger partial charge in [0.1, 0.15) is 0 Å². The van der Waals surface area contributed by atoms with Gasteiger partial charge < -0.3 is 29.7 Å². The molecule has 2 saturated heterocycles. The summed E-state index contributed by atoms with van der Waals surface area (Å²) in [6.45, 7) is 5.09. The van der Waals surface area contributed by atoms with Crippen molar-refractivity contribution >= 4 is 11.9 Å². The maximum atomic E-state index is 12.3. The van der Waals surface area contributed by atoms with E-state index in [2.05, 4.69) is 29.3 Å². The second-order valence-corrected chi connectivity index (χ2v) is 12.4. The average Bonchev–Trinajstić information content (AvgIpc) is 3.51. The van der Waals surface area contributed by atoms with Gasteiger partial charge in [-0.3, -0.25) is 14.5 Å². The number of carboxylic acid groups (broad SMARTS) is 1. The summed E-state index contributed by atoms with van der Waals surface area (Å²) >= 11 is 0. The SMILES string of the molecule is COC[C@@H]1CCCN1C[C@@H]1O[C@H](c2ccc(-c3ccccc3CNC(=O)CCCC(=O)O)cc2)O[C@H](c2ccc(CO)cc2)[C@@H]1C.